The Morgan fingerprint density at radius 2 is 1.65 bits per heavy atom. The number of nitrogens with zero attached hydrogens (tertiary/aromatic N) is 4. The monoisotopic (exact) mass is 560 g/mol. The van der Waals surface area contributed by atoms with Crippen LogP contribution < -0.4 is 4.74 Å². The summed E-state index contributed by atoms with van der Waals surface area (Å²) in [7, 11) is 1.61. The lowest BCUT2D eigenvalue weighted by molar-refractivity contribution is -0.139. The Kier molecular flexibility index (Phi) is 8.25. The number of rotatable bonds is 7. The van der Waals surface area contributed by atoms with Crippen LogP contribution in [0.15, 0.2) is 76.3 Å². The number of fused-ring (bicyclic) bond motifs is 1. The normalized spacial score (nSPS) is 18.7. The molecule has 1 atom stereocenters. The molecule has 0 aromatic heterocycles. The molecule has 3 heterocycles. The molecule has 0 unspecified atom stereocenters. The molecule has 40 heavy (non-hydrogen) atoms. The molecule has 0 aliphatic carbocycles. The van der Waals surface area contributed by atoms with Gasteiger partial charge in [0.1, 0.15) is 5.75 Å². The van der Waals surface area contributed by atoms with Crippen LogP contribution in [0.5, 0.6) is 5.75 Å². The molecule has 0 saturated carbocycles. The Morgan fingerprint density at radius 3 is 2.27 bits per heavy atom. The molecule has 1 fully saturated rings. The van der Waals surface area contributed by atoms with Crippen LogP contribution in [-0.4, -0.2) is 77.5 Å². The van der Waals surface area contributed by atoms with Crippen LogP contribution in [0.1, 0.15) is 37.4 Å². The highest BCUT2D eigenvalue weighted by atomic mass is 32.2. The molecule has 5 rings (SSSR count). The van der Waals surface area contributed by atoms with Crippen molar-refractivity contribution >= 4 is 40.4 Å². The third kappa shape index (κ3) is 5.49. The Bertz CT molecular complexity index is 1380. The zero-order valence-electron chi connectivity index (χ0n) is 22.8. The second-order valence-corrected chi connectivity index (χ2v) is 10.4. The number of piperazine rings is 1. The van der Waals surface area contributed by atoms with Crippen LogP contribution in [0.4, 0.5) is 0 Å². The number of ether oxygens (including phenoxy) is 2. The molecule has 2 aromatic rings. The van der Waals surface area contributed by atoms with Gasteiger partial charge in [-0.25, -0.2) is 9.79 Å². The third-order valence-electron chi connectivity index (χ3n) is 7.19. The Morgan fingerprint density at radius 1 is 0.975 bits per heavy atom. The molecular formula is C30H32N4O5S. The summed E-state index contributed by atoms with van der Waals surface area (Å²) in [4.78, 5) is 49.2. The molecule has 2 aromatic carbocycles. The molecule has 0 N–H and O–H groups in total. The zero-order valence-corrected chi connectivity index (χ0v) is 23.6. The number of benzene rings is 2. The Labute approximate surface area is 238 Å². The average molecular weight is 561 g/mol. The molecule has 10 heteroatoms. The summed E-state index contributed by atoms with van der Waals surface area (Å²) in [5.74, 6) is 0.240. The largest absolute Gasteiger partial charge is 0.497 e. The number of thioether (sulfide) groups is 1. The van der Waals surface area contributed by atoms with E-state index in [0.29, 0.717) is 48.4 Å². The molecule has 0 spiro atoms. The summed E-state index contributed by atoms with van der Waals surface area (Å²) in [5.41, 5.74) is 3.39. The second-order valence-electron chi connectivity index (χ2n) is 9.58. The summed E-state index contributed by atoms with van der Waals surface area (Å²) in [5, 5.41) is 2.63. The molecule has 9 nitrogen and oxygen atoms in total. The van der Waals surface area contributed by atoms with Gasteiger partial charge in [-0.2, -0.15) is 0 Å². The van der Waals surface area contributed by atoms with Gasteiger partial charge in [-0.3, -0.25) is 9.59 Å². The third-order valence-corrected chi connectivity index (χ3v) is 8.08. The van der Waals surface area contributed by atoms with Crippen molar-refractivity contribution in [3.63, 3.8) is 0 Å². The first-order valence-electron chi connectivity index (χ1n) is 13.3. The number of methoxy groups -OCH3 is 1. The van der Waals surface area contributed by atoms with Gasteiger partial charge in [0.05, 0.1) is 37.4 Å². The zero-order chi connectivity index (χ0) is 28.2. The van der Waals surface area contributed by atoms with Gasteiger partial charge >= 0.3 is 5.97 Å². The predicted octanol–water partition coefficient (Wildman–Crippen LogP) is 4.05. The van der Waals surface area contributed by atoms with Crippen LogP contribution >= 0.6 is 11.8 Å². The lowest BCUT2D eigenvalue weighted by Gasteiger charge is -2.38. The van der Waals surface area contributed by atoms with E-state index in [9.17, 15) is 14.4 Å². The SMILES string of the molecule is CCOC(=O)C1=C(c2ccccc2)N=C2SC=C(CC(=O)N3CCN(C(C)=O)CC3)N2[C@H]1c1ccc(OC)cc1. The second kappa shape index (κ2) is 12.0. The summed E-state index contributed by atoms with van der Waals surface area (Å²) in [6.45, 7) is 5.58. The van der Waals surface area contributed by atoms with E-state index in [-0.39, 0.29) is 24.8 Å². The molecule has 0 radical (unpaired) electrons. The highest BCUT2D eigenvalue weighted by Crippen LogP contribution is 2.47. The maximum atomic E-state index is 13.6. The van der Waals surface area contributed by atoms with Crippen molar-refractivity contribution in [1.29, 1.82) is 0 Å². The van der Waals surface area contributed by atoms with Crippen molar-refractivity contribution in [2.24, 2.45) is 4.99 Å². The van der Waals surface area contributed by atoms with E-state index in [2.05, 4.69) is 0 Å². The molecule has 208 valence electrons. The maximum absolute atomic E-state index is 13.6. The first kappa shape index (κ1) is 27.5. The first-order valence-corrected chi connectivity index (χ1v) is 14.2. The van der Waals surface area contributed by atoms with Gasteiger partial charge < -0.3 is 24.2 Å². The molecule has 0 bridgehead atoms. The van der Waals surface area contributed by atoms with E-state index in [1.165, 1.54) is 11.8 Å². The van der Waals surface area contributed by atoms with Crippen molar-refractivity contribution in [2.45, 2.75) is 26.3 Å². The smallest absolute Gasteiger partial charge is 0.338 e. The average Bonchev–Trinajstić information content (AvgIpc) is 3.39. The fourth-order valence-corrected chi connectivity index (χ4v) is 6.05. The number of esters is 1. The lowest BCUT2D eigenvalue weighted by atomic mass is 9.91. The number of carbonyl (C=O) groups excluding carboxylic acids is 3. The van der Waals surface area contributed by atoms with E-state index >= 15 is 0 Å². The van der Waals surface area contributed by atoms with Gasteiger partial charge in [0.15, 0.2) is 5.17 Å². The van der Waals surface area contributed by atoms with E-state index < -0.39 is 12.0 Å². The van der Waals surface area contributed by atoms with Crippen LogP contribution in [0, 0.1) is 0 Å². The minimum absolute atomic E-state index is 0.0194. The summed E-state index contributed by atoms with van der Waals surface area (Å²) in [6.07, 6.45) is 0.148. The molecular weight excluding hydrogens is 528 g/mol. The van der Waals surface area contributed by atoms with E-state index in [4.69, 9.17) is 14.5 Å². The number of carbonyl (C=O) groups is 3. The van der Waals surface area contributed by atoms with Gasteiger partial charge in [0, 0.05) is 44.4 Å². The van der Waals surface area contributed by atoms with Gasteiger partial charge in [-0.1, -0.05) is 54.2 Å². The van der Waals surface area contributed by atoms with Crippen molar-refractivity contribution in [1.82, 2.24) is 14.7 Å². The van der Waals surface area contributed by atoms with Gasteiger partial charge in [-0.15, -0.1) is 0 Å². The topological polar surface area (TPSA) is 91.8 Å². The molecule has 1 saturated heterocycles. The van der Waals surface area contributed by atoms with Gasteiger partial charge in [0.25, 0.3) is 0 Å². The minimum Gasteiger partial charge on any atom is -0.497 e. The van der Waals surface area contributed by atoms with Crippen LogP contribution in [0.2, 0.25) is 0 Å². The molecule has 3 aliphatic heterocycles. The van der Waals surface area contributed by atoms with E-state index in [0.717, 1.165) is 16.8 Å². The highest BCUT2D eigenvalue weighted by molar-refractivity contribution is 8.16. The standard InChI is InChI=1S/C30H32N4O5S/c1-4-39-29(37)26-27(21-8-6-5-7-9-21)31-30-34(28(26)22-10-12-24(38-3)13-11-22)23(19-40-30)18-25(36)33-16-14-32(15-17-33)20(2)35/h5-13,19,28H,4,14-18H2,1-3H3/t28-/m0/s1. The van der Waals surface area contributed by atoms with Crippen molar-refractivity contribution < 1.29 is 23.9 Å². The fraction of sp³-hybridized carbons (Fsp3) is 0.333. The number of aliphatic imine (C=N–C) groups is 1. The minimum atomic E-state index is -0.559. The van der Waals surface area contributed by atoms with Crippen molar-refractivity contribution in [2.75, 3.05) is 39.9 Å². The number of hydrogen-bond acceptors (Lipinski definition) is 8. The van der Waals surface area contributed by atoms with Gasteiger partial charge in [0.2, 0.25) is 11.8 Å². The molecule has 3 aliphatic rings. The number of amides is 2. The summed E-state index contributed by atoms with van der Waals surface area (Å²) < 4.78 is 10.9. The quantitative estimate of drug-likeness (QED) is 0.472. The highest BCUT2D eigenvalue weighted by Gasteiger charge is 2.42. The summed E-state index contributed by atoms with van der Waals surface area (Å²) >= 11 is 1.44. The van der Waals surface area contributed by atoms with Gasteiger partial charge in [-0.05, 0) is 30.0 Å². The fourth-order valence-electron chi connectivity index (χ4n) is 5.13. The maximum Gasteiger partial charge on any atom is 0.338 e. The Balaban J connectivity index is 1.53. The van der Waals surface area contributed by atoms with Crippen molar-refractivity contribution in [3.05, 3.63) is 82.4 Å². The van der Waals surface area contributed by atoms with Crippen LogP contribution in [0.3, 0.4) is 0 Å². The lowest BCUT2D eigenvalue weighted by Crippen LogP contribution is -2.50. The Hall–Kier alpha value is -4.05. The summed E-state index contributed by atoms with van der Waals surface area (Å²) in [6, 6.07) is 16.6. The number of amidine groups is 1. The number of hydrogen-bond donors (Lipinski definition) is 0. The van der Waals surface area contributed by atoms with E-state index in [1.807, 2.05) is 64.9 Å². The van der Waals surface area contributed by atoms with Crippen molar-refractivity contribution in [3.8, 4) is 5.75 Å². The van der Waals surface area contributed by atoms with Crippen LogP contribution in [-0.2, 0) is 19.1 Å². The van der Waals surface area contributed by atoms with E-state index in [1.54, 1.807) is 30.8 Å². The predicted molar refractivity (Wildman–Crippen MR) is 154 cm³/mol. The molecule has 2 amide bonds. The van der Waals surface area contributed by atoms with Crippen LogP contribution in [0.25, 0.3) is 5.70 Å². The first-order chi connectivity index (χ1) is 19.4.